The monoisotopic (exact) mass is 563 g/mol. The van der Waals surface area contributed by atoms with Crippen LogP contribution >= 0.6 is 23.2 Å². The topological polar surface area (TPSA) is 89.2 Å². The van der Waals surface area contributed by atoms with Gasteiger partial charge in [0.25, 0.3) is 11.7 Å². The fourth-order valence-electron chi connectivity index (χ4n) is 4.49. The van der Waals surface area contributed by atoms with Crippen LogP contribution in [0.15, 0.2) is 95.1 Å². The maximum atomic E-state index is 13.3. The number of benzene rings is 3. The quantitative estimate of drug-likeness (QED) is 0.144. The number of nitrogens with zero attached hydrogens (tertiary/aromatic N) is 1. The minimum atomic E-state index is -0.905. The molecule has 3 aromatic carbocycles. The molecule has 0 saturated carbocycles. The van der Waals surface area contributed by atoms with E-state index in [0.717, 1.165) is 5.56 Å². The molecule has 198 valence electrons. The molecule has 5 rings (SSSR count). The lowest BCUT2D eigenvalue weighted by atomic mass is 9.95. The van der Waals surface area contributed by atoms with Crippen LogP contribution in [0.25, 0.3) is 5.76 Å². The zero-order valence-electron chi connectivity index (χ0n) is 20.8. The van der Waals surface area contributed by atoms with E-state index in [-0.39, 0.29) is 33.5 Å². The van der Waals surface area contributed by atoms with Crippen LogP contribution in [0.5, 0.6) is 11.5 Å². The van der Waals surface area contributed by atoms with Crippen LogP contribution < -0.4 is 9.47 Å². The first-order chi connectivity index (χ1) is 18.9. The number of halogens is 2. The summed E-state index contributed by atoms with van der Waals surface area (Å²) < 4.78 is 16.5. The van der Waals surface area contributed by atoms with Crippen LogP contribution in [0.2, 0.25) is 10.0 Å². The molecule has 1 N–H and O–H groups in total. The van der Waals surface area contributed by atoms with Crippen molar-refractivity contribution in [1.82, 2.24) is 4.90 Å². The van der Waals surface area contributed by atoms with Crippen molar-refractivity contribution in [2.75, 3.05) is 7.11 Å². The van der Waals surface area contributed by atoms with Gasteiger partial charge < -0.3 is 23.9 Å². The van der Waals surface area contributed by atoms with Gasteiger partial charge in [-0.05, 0) is 47.5 Å². The summed E-state index contributed by atoms with van der Waals surface area (Å²) in [6.45, 7) is 0.408. The smallest absolute Gasteiger partial charge is 0.296 e. The summed E-state index contributed by atoms with van der Waals surface area (Å²) in [7, 11) is 1.42. The second-order valence-corrected chi connectivity index (χ2v) is 9.64. The van der Waals surface area contributed by atoms with E-state index in [1.807, 2.05) is 30.3 Å². The molecule has 1 aliphatic heterocycles. The van der Waals surface area contributed by atoms with Crippen molar-refractivity contribution in [2.45, 2.75) is 19.2 Å². The Bertz CT molecular complexity index is 1510. The maximum absolute atomic E-state index is 13.3. The molecule has 1 unspecified atom stereocenters. The molecule has 1 amide bonds. The highest BCUT2D eigenvalue weighted by molar-refractivity contribution is 6.46. The number of amides is 1. The van der Waals surface area contributed by atoms with Gasteiger partial charge in [-0.15, -0.1) is 0 Å². The van der Waals surface area contributed by atoms with E-state index in [9.17, 15) is 14.7 Å². The SMILES string of the molecule is COc1c(Cl)cc(/C(O)=C2\C(=O)C(=O)N(Cc3ccco3)C2c2ccc(OCc3ccccc3)cc2)cc1Cl. The van der Waals surface area contributed by atoms with Crippen molar-refractivity contribution in [1.29, 1.82) is 0 Å². The average Bonchev–Trinajstić information content (AvgIpc) is 3.55. The number of carbonyl (C=O) groups excluding carboxylic acids is 2. The molecule has 1 aromatic heterocycles. The van der Waals surface area contributed by atoms with Gasteiger partial charge in [-0.1, -0.05) is 65.7 Å². The zero-order chi connectivity index (χ0) is 27.5. The Morgan fingerprint density at radius 1 is 0.974 bits per heavy atom. The Balaban J connectivity index is 1.54. The standard InChI is InChI=1S/C30H23Cl2NO6/c1-37-29-23(31)14-20(15-24(29)32)27(34)25-26(33(30(36)28(25)35)16-22-8-5-13-38-22)19-9-11-21(12-10-19)39-17-18-6-3-2-4-7-18/h2-15,26,34H,16-17H2,1H3/b27-25+. The van der Waals surface area contributed by atoms with Crippen LogP contribution in [-0.4, -0.2) is 28.8 Å². The Morgan fingerprint density at radius 3 is 2.28 bits per heavy atom. The first-order valence-electron chi connectivity index (χ1n) is 12.0. The number of aliphatic hydroxyl groups excluding tert-OH is 1. The summed E-state index contributed by atoms with van der Waals surface area (Å²) in [6, 6.07) is 22.1. The molecule has 39 heavy (non-hydrogen) atoms. The van der Waals surface area contributed by atoms with Gasteiger partial charge >= 0.3 is 0 Å². The van der Waals surface area contributed by atoms with Gasteiger partial charge in [-0.3, -0.25) is 9.59 Å². The number of hydrogen-bond donors (Lipinski definition) is 1. The lowest BCUT2D eigenvalue weighted by Gasteiger charge is -2.24. The van der Waals surface area contributed by atoms with E-state index in [0.29, 0.717) is 23.7 Å². The van der Waals surface area contributed by atoms with Gasteiger partial charge in [0.05, 0.1) is 41.6 Å². The van der Waals surface area contributed by atoms with E-state index >= 15 is 0 Å². The second-order valence-electron chi connectivity index (χ2n) is 8.82. The Labute approximate surface area is 234 Å². The van der Waals surface area contributed by atoms with Crippen LogP contribution in [0, 0.1) is 0 Å². The fourth-order valence-corrected chi connectivity index (χ4v) is 5.14. The molecule has 0 aliphatic carbocycles. The lowest BCUT2D eigenvalue weighted by molar-refractivity contribution is -0.140. The minimum absolute atomic E-state index is 0.0232. The maximum Gasteiger partial charge on any atom is 0.296 e. The highest BCUT2D eigenvalue weighted by atomic mass is 35.5. The van der Waals surface area contributed by atoms with Crippen LogP contribution in [-0.2, 0) is 22.7 Å². The number of ether oxygens (including phenoxy) is 2. The van der Waals surface area contributed by atoms with E-state index < -0.39 is 23.5 Å². The van der Waals surface area contributed by atoms with Crippen molar-refractivity contribution >= 4 is 40.7 Å². The number of furan rings is 1. The normalized spacial score (nSPS) is 16.5. The highest BCUT2D eigenvalue weighted by Crippen LogP contribution is 2.42. The van der Waals surface area contributed by atoms with Gasteiger partial charge in [0, 0.05) is 5.56 Å². The molecule has 1 aliphatic rings. The molecule has 1 saturated heterocycles. The van der Waals surface area contributed by atoms with Gasteiger partial charge in [0.15, 0.2) is 5.75 Å². The average molecular weight is 564 g/mol. The van der Waals surface area contributed by atoms with E-state index in [1.165, 1.54) is 30.4 Å². The Kier molecular flexibility index (Phi) is 7.63. The number of aliphatic hydroxyl groups is 1. The molecule has 1 atom stereocenters. The summed E-state index contributed by atoms with van der Waals surface area (Å²) in [5, 5.41) is 11.6. The van der Waals surface area contributed by atoms with E-state index in [4.69, 9.17) is 37.1 Å². The van der Waals surface area contributed by atoms with Crippen LogP contribution in [0.4, 0.5) is 0 Å². The van der Waals surface area contributed by atoms with Crippen molar-refractivity contribution in [3.05, 3.63) is 123 Å². The molecule has 1 fully saturated rings. The summed E-state index contributed by atoms with van der Waals surface area (Å²) in [5.41, 5.74) is 1.70. The second kappa shape index (κ2) is 11.3. The third-order valence-corrected chi connectivity index (χ3v) is 6.93. The van der Waals surface area contributed by atoms with Gasteiger partial charge in [0.2, 0.25) is 0 Å². The van der Waals surface area contributed by atoms with Gasteiger partial charge in [-0.25, -0.2) is 0 Å². The van der Waals surface area contributed by atoms with E-state index in [2.05, 4.69) is 0 Å². The summed E-state index contributed by atoms with van der Waals surface area (Å²) in [5.74, 6) is -0.684. The lowest BCUT2D eigenvalue weighted by Crippen LogP contribution is -2.29. The van der Waals surface area contributed by atoms with Crippen molar-refractivity contribution in [3.63, 3.8) is 0 Å². The van der Waals surface area contributed by atoms with Crippen LogP contribution in [0.3, 0.4) is 0 Å². The molecule has 2 heterocycles. The van der Waals surface area contributed by atoms with Gasteiger partial charge in [0.1, 0.15) is 23.9 Å². The van der Waals surface area contributed by atoms with Crippen LogP contribution in [0.1, 0.15) is 28.5 Å². The summed E-state index contributed by atoms with van der Waals surface area (Å²) >= 11 is 12.6. The number of carbonyl (C=O) groups is 2. The number of rotatable bonds is 8. The predicted octanol–water partition coefficient (Wildman–Crippen LogP) is 6.80. The minimum Gasteiger partial charge on any atom is -0.507 e. The molecule has 7 nitrogen and oxygen atoms in total. The summed E-state index contributed by atoms with van der Waals surface area (Å²) in [6.07, 6.45) is 1.49. The number of ketones is 1. The first-order valence-corrected chi connectivity index (χ1v) is 12.7. The molecular weight excluding hydrogens is 541 g/mol. The fraction of sp³-hybridized carbons (Fsp3) is 0.133. The van der Waals surface area contributed by atoms with Gasteiger partial charge in [-0.2, -0.15) is 0 Å². The van der Waals surface area contributed by atoms with Crippen molar-refractivity contribution in [3.8, 4) is 11.5 Å². The zero-order valence-corrected chi connectivity index (χ0v) is 22.3. The van der Waals surface area contributed by atoms with Crippen molar-refractivity contribution in [2.24, 2.45) is 0 Å². The molecule has 9 heteroatoms. The Morgan fingerprint density at radius 2 is 1.67 bits per heavy atom. The van der Waals surface area contributed by atoms with Crippen molar-refractivity contribution < 1.29 is 28.6 Å². The molecule has 4 aromatic rings. The highest BCUT2D eigenvalue weighted by Gasteiger charge is 2.46. The molecule has 0 radical (unpaired) electrons. The molecule has 0 spiro atoms. The van der Waals surface area contributed by atoms with E-state index in [1.54, 1.807) is 36.4 Å². The first kappa shape index (κ1) is 26.4. The number of hydrogen-bond acceptors (Lipinski definition) is 6. The molecule has 0 bridgehead atoms. The Hall–Kier alpha value is -4.20. The summed E-state index contributed by atoms with van der Waals surface area (Å²) in [4.78, 5) is 27.9. The third kappa shape index (κ3) is 5.37. The largest absolute Gasteiger partial charge is 0.507 e. The third-order valence-electron chi connectivity index (χ3n) is 6.37. The number of methoxy groups -OCH3 is 1. The number of Topliss-reactive ketones (excluding diaryl/α,β-unsaturated/α-hetero) is 1. The predicted molar refractivity (Wildman–Crippen MR) is 147 cm³/mol. The number of likely N-dealkylation sites (tertiary alicyclic amines) is 1. The molecular formula is C30H23Cl2NO6.